The molecule has 0 spiro atoms. The Balaban J connectivity index is 0.896. The van der Waals surface area contributed by atoms with Crippen LogP contribution in [0.15, 0.2) is 71.9 Å². The number of piperidine rings is 1. The van der Waals surface area contributed by atoms with Gasteiger partial charge in [0.25, 0.3) is 17.7 Å². The van der Waals surface area contributed by atoms with Crippen molar-refractivity contribution in [2.75, 3.05) is 60.8 Å². The number of carbonyl (C=O) groups excluding carboxylic acids is 7. The Morgan fingerprint density at radius 1 is 0.948 bits per heavy atom. The summed E-state index contributed by atoms with van der Waals surface area (Å²) in [5, 5.41) is 16.8. The molecule has 0 unspecified atom stereocenters. The molecule has 2 saturated heterocycles. The van der Waals surface area contributed by atoms with Crippen molar-refractivity contribution < 1.29 is 43.0 Å². The number of nitrogens with one attached hydrogen (secondary N) is 3. The maximum absolute atomic E-state index is 14.6. The molecule has 0 saturated carbocycles. The summed E-state index contributed by atoms with van der Waals surface area (Å²) in [6.07, 6.45) is 10.3. The molecule has 77 heavy (non-hydrogen) atoms. The van der Waals surface area contributed by atoms with Crippen molar-refractivity contribution in [3.63, 3.8) is 0 Å². The molecule has 8 rings (SSSR count). The van der Waals surface area contributed by atoms with Gasteiger partial charge in [-0.2, -0.15) is 0 Å². The van der Waals surface area contributed by atoms with Gasteiger partial charge in [-0.1, -0.05) is 39.3 Å². The fourth-order valence-electron chi connectivity index (χ4n) is 10.2. The number of benzene rings is 2. The van der Waals surface area contributed by atoms with Gasteiger partial charge in [0.2, 0.25) is 17.7 Å². The molecule has 2 aromatic heterocycles. The summed E-state index contributed by atoms with van der Waals surface area (Å²) < 4.78 is 13.6. The average Bonchev–Trinajstić information content (AvgIpc) is 4.08. The minimum Gasteiger partial charge on any atom is -0.444 e. The first-order valence-electron chi connectivity index (χ1n) is 26.6. The van der Waals surface area contributed by atoms with E-state index < -0.39 is 35.4 Å². The van der Waals surface area contributed by atoms with Crippen LogP contribution in [0.2, 0.25) is 0 Å². The Labute approximate surface area is 454 Å². The molecule has 4 aliphatic heterocycles. The molecule has 3 atom stereocenters. The molecule has 0 aliphatic carbocycles. The van der Waals surface area contributed by atoms with Crippen LogP contribution in [0.25, 0.3) is 0 Å². The van der Waals surface area contributed by atoms with Crippen molar-refractivity contribution in [3.8, 4) is 0 Å². The lowest BCUT2D eigenvalue weighted by Gasteiger charge is -2.42. The number of aryl methyl sites for hydroxylation is 1. The smallest absolute Gasteiger partial charge is 0.415 e. The first kappa shape index (κ1) is 56.2. The first-order chi connectivity index (χ1) is 36.9. The Morgan fingerprint density at radius 3 is 2.35 bits per heavy atom. The van der Waals surface area contributed by atoms with Crippen molar-refractivity contribution in [2.24, 2.45) is 18.9 Å². The normalized spacial score (nSPS) is 17.8. The van der Waals surface area contributed by atoms with Crippen molar-refractivity contribution >= 4 is 70.6 Å². The number of rotatable bonds is 23. The number of amides is 7. The van der Waals surface area contributed by atoms with Gasteiger partial charge in [0.15, 0.2) is 0 Å². The largest absolute Gasteiger partial charge is 0.444 e. The third-order valence-electron chi connectivity index (χ3n) is 14.8. The lowest BCUT2D eigenvalue weighted by Crippen LogP contribution is -2.53. The molecular formula is C56H71N11O9S. The summed E-state index contributed by atoms with van der Waals surface area (Å²) in [6.45, 7) is 13.6. The van der Waals surface area contributed by atoms with E-state index in [9.17, 15) is 33.6 Å². The van der Waals surface area contributed by atoms with Crippen LogP contribution in [0.3, 0.4) is 0 Å². The number of imide groups is 1. The standard InChI is InChI=1S/C56H71N11O9S/c1-8-65(55(74)76-31-38-15-17-41(18-16-38)59-52(71)37(5)58-53(72)51(35(2)3)61-48(68)14-10-9-11-22-66-49(69)19-20-50(66)70)45-25-40(56(32-75-33-56)27-47-62-57-34-63(47)6)26-46(60-45)67-30-43-42(54(67)73)23-39(24-44(43)77-7)29-64-21-12-13-36(4)28-64/h15-20,23-26,34-37,51H,8-14,21-22,27-33H2,1-7H3,(H,58,72)(H,59,71)(H,61,68)/t36-,37-,51-/m0/s1. The van der Waals surface area contributed by atoms with Crippen LogP contribution in [-0.2, 0) is 72.0 Å². The van der Waals surface area contributed by atoms with Crippen LogP contribution in [0, 0.1) is 11.8 Å². The predicted molar refractivity (Wildman–Crippen MR) is 291 cm³/mol. The summed E-state index contributed by atoms with van der Waals surface area (Å²) in [5.74, 6) is -0.263. The van der Waals surface area contributed by atoms with Crippen LogP contribution >= 0.6 is 11.8 Å². The van der Waals surface area contributed by atoms with Crippen LogP contribution < -0.4 is 25.8 Å². The molecule has 6 heterocycles. The van der Waals surface area contributed by atoms with E-state index in [1.54, 1.807) is 68.0 Å². The first-order valence-corrected chi connectivity index (χ1v) is 27.8. The maximum atomic E-state index is 14.6. The Kier molecular flexibility index (Phi) is 18.3. The monoisotopic (exact) mass is 1070 g/mol. The number of hydrogen-bond acceptors (Lipinski definition) is 14. The van der Waals surface area contributed by atoms with E-state index in [0.29, 0.717) is 79.8 Å². The number of ether oxygens (including phenoxy) is 2. The Bertz CT molecular complexity index is 2870. The van der Waals surface area contributed by atoms with Gasteiger partial charge in [-0.25, -0.2) is 9.78 Å². The van der Waals surface area contributed by atoms with Crippen molar-refractivity contribution in [3.05, 3.63) is 101 Å². The highest BCUT2D eigenvalue weighted by Gasteiger charge is 2.44. The van der Waals surface area contributed by atoms with Gasteiger partial charge in [-0.05, 0) is 123 Å². The highest BCUT2D eigenvalue weighted by atomic mass is 32.2. The fraction of sp³-hybridized carbons (Fsp3) is 0.500. The minimum absolute atomic E-state index is 0.0940. The number of hydrogen-bond donors (Lipinski definition) is 3. The molecule has 7 amide bonds. The van der Waals surface area contributed by atoms with E-state index in [1.807, 2.05) is 43.0 Å². The van der Waals surface area contributed by atoms with Gasteiger partial charge in [-0.3, -0.25) is 48.4 Å². The number of carbonyl (C=O) groups is 7. The van der Waals surface area contributed by atoms with Crippen molar-refractivity contribution in [2.45, 2.75) is 122 Å². The topological polar surface area (TPSA) is 231 Å². The zero-order valence-electron chi connectivity index (χ0n) is 45.1. The molecule has 20 nitrogen and oxygen atoms in total. The molecule has 4 aromatic rings. The van der Waals surface area contributed by atoms with E-state index in [4.69, 9.17) is 14.5 Å². The van der Waals surface area contributed by atoms with Gasteiger partial charge >= 0.3 is 6.09 Å². The van der Waals surface area contributed by atoms with Gasteiger partial charge < -0.3 is 30.0 Å². The Morgan fingerprint density at radius 2 is 1.70 bits per heavy atom. The van der Waals surface area contributed by atoms with E-state index in [1.165, 1.54) is 23.5 Å². The van der Waals surface area contributed by atoms with E-state index in [2.05, 4.69) is 44.0 Å². The van der Waals surface area contributed by atoms with E-state index in [-0.39, 0.29) is 55.7 Å². The molecule has 2 aromatic carbocycles. The van der Waals surface area contributed by atoms with Crippen molar-refractivity contribution in [1.82, 2.24) is 40.2 Å². The van der Waals surface area contributed by atoms with Crippen LogP contribution in [0.5, 0.6) is 0 Å². The minimum atomic E-state index is -0.948. The second kappa shape index (κ2) is 25.0. The molecular weight excluding hydrogens is 1000 g/mol. The van der Waals surface area contributed by atoms with Crippen LogP contribution in [0.4, 0.5) is 22.1 Å². The summed E-state index contributed by atoms with van der Waals surface area (Å²) in [6, 6.07) is 13.0. The lowest BCUT2D eigenvalue weighted by molar-refractivity contribution is -0.137. The number of thioether (sulfide) groups is 1. The third-order valence-corrected chi connectivity index (χ3v) is 15.6. The number of likely N-dealkylation sites (tertiary alicyclic amines) is 1. The number of nitrogens with zero attached hydrogens (tertiary/aromatic N) is 8. The molecule has 21 heteroatoms. The Hall–Kier alpha value is -6.97. The lowest BCUT2D eigenvalue weighted by atomic mass is 9.75. The number of anilines is 3. The van der Waals surface area contributed by atoms with Gasteiger partial charge in [0, 0.05) is 79.8 Å². The summed E-state index contributed by atoms with van der Waals surface area (Å²) in [7, 11) is 1.89. The maximum Gasteiger partial charge on any atom is 0.415 e. The average molecular weight is 1070 g/mol. The van der Waals surface area contributed by atoms with Gasteiger partial charge in [0.05, 0.1) is 19.8 Å². The number of pyridine rings is 1. The second-order valence-corrected chi connectivity index (χ2v) is 21.9. The van der Waals surface area contributed by atoms with E-state index in [0.717, 1.165) is 58.4 Å². The molecule has 0 bridgehead atoms. The van der Waals surface area contributed by atoms with Crippen LogP contribution in [0.1, 0.15) is 112 Å². The van der Waals surface area contributed by atoms with Crippen LogP contribution in [-0.4, -0.2) is 129 Å². The quantitative estimate of drug-likeness (QED) is 0.0435. The van der Waals surface area contributed by atoms with Gasteiger partial charge in [-0.15, -0.1) is 22.0 Å². The highest BCUT2D eigenvalue weighted by Crippen LogP contribution is 2.41. The summed E-state index contributed by atoms with van der Waals surface area (Å²) >= 11 is 1.63. The predicted octanol–water partition coefficient (Wildman–Crippen LogP) is 6.07. The SMILES string of the molecule is CCN(C(=O)OCc1ccc(NC(=O)[C@H](C)NC(=O)[C@@H](NC(=O)CCCCCN2C(=O)C=CC2=O)C(C)C)cc1)c1cc(C2(Cc3nncn3C)COC2)cc(N2Cc3c(SC)cc(CN4CCC[C@H](C)C4)cc3C2=O)n1. The van der Waals surface area contributed by atoms with Crippen molar-refractivity contribution in [1.29, 1.82) is 0 Å². The molecule has 4 aliphatic rings. The molecule has 3 N–H and O–H groups in total. The van der Waals surface area contributed by atoms with E-state index >= 15 is 0 Å². The highest BCUT2D eigenvalue weighted by molar-refractivity contribution is 7.98. The summed E-state index contributed by atoms with van der Waals surface area (Å²) in [4.78, 5) is 105. The second-order valence-electron chi connectivity index (χ2n) is 21.1. The number of aromatic nitrogens is 4. The zero-order chi connectivity index (χ0) is 55.0. The summed E-state index contributed by atoms with van der Waals surface area (Å²) in [5.41, 5.74) is 4.14. The molecule has 410 valence electrons. The third kappa shape index (κ3) is 13.4. The molecule has 2 fully saturated rings. The molecule has 0 radical (unpaired) electrons. The fourth-order valence-corrected chi connectivity index (χ4v) is 10.9. The number of unbranched alkanes of at least 4 members (excludes halogenated alkanes) is 2. The zero-order valence-corrected chi connectivity index (χ0v) is 46.0. The number of fused-ring (bicyclic) bond motifs is 1. The van der Waals surface area contributed by atoms with Gasteiger partial charge in [0.1, 0.15) is 42.5 Å².